The van der Waals surface area contributed by atoms with Gasteiger partial charge in [-0.05, 0) is 26.7 Å². The van der Waals surface area contributed by atoms with E-state index in [0.29, 0.717) is 5.54 Å². The highest BCUT2D eigenvalue weighted by molar-refractivity contribution is 5.00. The minimum atomic E-state index is 0.183. The maximum Gasteiger partial charge on any atom is 0.0649 e. The molecule has 0 unspecified atom stereocenters. The van der Waals surface area contributed by atoms with Gasteiger partial charge in [-0.3, -0.25) is 0 Å². The second-order valence-corrected chi connectivity index (χ2v) is 4.99. The Labute approximate surface area is 74.7 Å². The maximum atomic E-state index is 5.66. The maximum absolute atomic E-state index is 5.66. The van der Waals surface area contributed by atoms with Crippen molar-refractivity contribution in [3.05, 3.63) is 0 Å². The summed E-state index contributed by atoms with van der Waals surface area (Å²) in [7, 11) is 0. The van der Waals surface area contributed by atoms with Gasteiger partial charge < -0.3 is 10.1 Å². The number of nitrogens with one attached hydrogen (secondary N) is 1. The second-order valence-electron chi connectivity index (χ2n) is 4.99. The van der Waals surface area contributed by atoms with Crippen molar-refractivity contribution in [2.75, 3.05) is 13.2 Å². The molecule has 0 bridgehead atoms. The van der Waals surface area contributed by atoms with Crippen LogP contribution in [0.4, 0.5) is 0 Å². The van der Waals surface area contributed by atoms with Crippen LogP contribution in [0.1, 0.15) is 39.5 Å². The van der Waals surface area contributed by atoms with Gasteiger partial charge in [0.15, 0.2) is 0 Å². The fourth-order valence-electron chi connectivity index (χ4n) is 2.61. The third-order valence-corrected chi connectivity index (χ3v) is 3.01. The molecule has 12 heavy (non-hydrogen) atoms. The molecule has 2 heteroatoms. The molecular weight excluding hydrogens is 150 g/mol. The zero-order valence-electron chi connectivity index (χ0n) is 8.15. The number of morpholine rings is 1. The van der Waals surface area contributed by atoms with E-state index in [-0.39, 0.29) is 5.54 Å². The lowest BCUT2D eigenvalue weighted by molar-refractivity contribution is -0.0285. The molecule has 2 nitrogen and oxygen atoms in total. The Balaban J connectivity index is 2.07. The van der Waals surface area contributed by atoms with Crippen LogP contribution in [-0.4, -0.2) is 24.3 Å². The lowest BCUT2D eigenvalue weighted by Crippen LogP contribution is -2.62. The molecule has 2 aliphatic rings. The fraction of sp³-hybridized carbons (Fsp3) is 1.00. The summed E-state index contributed by atoms with van der Waals surface area (Å²) in [6.07, 6.45) is 5.34. The predicted molar refractivity (Wildman–Crippen MR) is 49.2 cm³/mol. The lowest BCUT2D eigenvalue weighted by atomic mass is 9.91. The Morgan fingerprint density at radius 3 is 2.33 bits per heavy atom. The molecule has 0 aromatic rings. The average Bonchev–Trinajstić information content (AvgIpc) is 2.34. The summed E-state index contributed by atoms with van der Waals surface area (Å²) in [5, 5.41) is 3.74. The minimum Gasteiger partial charge on any atom is -0.378 e. The molecule has 2 rings (SSSR count). The number of ether oxygens (including phenoxy) is 1. The molecule has 1 aliphatic carbocycles. The number of rotatable bonds is 0. The van der Waals surface area contributed by atoms with E-state index in [9.17, 15) is 0 Å². The molecule has 1 spiro atoms. The SMILES string of the molecule is CC1(C)COCC2(CCCC2)N1. The van der Waals surface area contributed by atoms with Crippen LogP contribution in [0.2, 0.25) is 0 Å². The summed E-state index contributed by atoms with van der Waals surface area (Å²) < 4.78 is 5.66. The van der Waals surface area contributed by atoms with Gasteiger partial charge in [-0.2, -0.15) is 0 Å². The van der Waals surface area contributed by atoms with Gasteiger partial charge >= 0.3 is 0 Å². The van der Waals surface area contributed by atoms with Crippen molar-refractivity contribution >= 4 is 0 Å². The fourth-order valence-corrected chi connectivity index (χ4v) is 2.61. The van der Waals surface area contributed by atoms with Gasteiger partial charge in [0, 0.05) is 11.1 Å². The van der Waals surface area contributed by atoms with Crippen molar-refractivity contribution in [1.29, 1.82) is 0 Å². The molecule has 0 aromatic heterocycles. The van der Waals surface area contributed by atoms with E-state index in [0.717, 1.165) is 13.2 Å². The summed E-state index contributed by atoms with van der Waals surface area (Å²) in [6, 6.07) is 0. The smallest absolute Gasteiger partial charge is 0.0649 e. The Bertz CT molecular complexity index is 171. The third-order valence-electron chi connectivity index (χ3n) is 3.01. The molecule has 0 radical (unpaired) electrons. The van der Waals surface area contributed by atoms with Crippen LogP contribution in [0.5, 0.6) is 0 Å². The largest absolute Gasteiger partial charge is 0.378 e. The molecule has 70 valence electrons. The summed E-state index contributed by atoms with van der Waals surface area (Å²) >= 11 is 0. The van der Waals surface area contributed by atoms with Gasteiger partial charge in [-0.25, -0.2) is 0 Å². The highest BCUT2D eigenvalue weighted by atomic mass is 16.5. The van der Waals surface area contributed by atoms with E-state index in [2.05, 4.69) is 19.2 Å². The summed E-state index contributed by atoms with van der Waals surface area (Å²) in [6.45, 7) is 6.24. The van der Waals surface area contributed by atoms with Crippen molar-refractivity contribution in [3.63, 3.8) is 0 Å². The molecule has 1 heterocycles. The predicted octanol–water partition coefficient (Wildman–Crippen LogP) is 1.70. The zero-order chi connectivity index (χ0) is 8.66. The van der Waals surface area contributed by atoms with E-state index < -0.39 is 0 Å². The van der Waals surface area contributed by atoms with Crippen molar-refractivity contribution in [2.45, 2.75) is 50.6 Å². The van der Waals surface area contributed by atoms with E-state index in [1.165, 1.54) is 25.7 Å². The Hall–Kier alpha value is -0.0800. The molecule has 1 N–H and O–H groups in total. The molecule has 0 aromatic carbocycles. The van der Waals surface area contributed by atoms with Crippen LogP contribution in [0.25, 0.3) is 0 Å². The monoisotopic (exact) mass is 169 g/mol. The Kier molecular flexibility index (Phi) is 1.92. The zero-order valence-corrected chi connectivity index (χ0v) is 8.15. The van der Waals surface area contributed by atoms with Crippen LogP contribution >= 0.6 is 0 Å². The van der Waals surface area contributed by atoms with Crippen molar-refractivity contribution in [1.82, 2.24) is 5.32 Å². The highest BCUT2D eigenvalue weighted by Gasteiger charge is 2.41. The summed E-state index contributed by atoms with van der Waals surface area (Å²) in [5.74, 6) is 0. The first kappa shape index (κ1) is 8.52. The normalized spacial score (nSPS) is 32.5. The Morgan fingerprint density at radius 1 is 1.08 bits per heavy atom. The minimum absolute atomic E-state index is 0.183. The average molecular weight is 169 g/mol. The first-order chi connectivity index (χ1) is 5.62. The van der Waals surface area contributed by atoms with E-state index in [1.54, 1.807) is 0 Å². The van der Waals surface area contributed by atoms with E-state index in [1.807, 2.05) is 0 Å². The molecule has 2 fully saturated rings. The van der Waals surface area contributed by atoms with Gasteiger partial charge in [0.1, 0.15) is 0 Å². The van der Waals surface area contributed by atoms with Crippen LogP contribution in [0, 0.1) is 0 Å². The van der Waals surface area contributed by atoms with Crippen molar-refractivity contribution in [2.24, 2.45) is 0 Å². The number of hydrogen-bond acceptors (Lipinski definition) is 2. The van der Waals surface area contributed by atoms with Crippen LogP contribution < -0.4 is 5.32 Å². The van der Waals surface area contributed by atoms with Gasteiger partial charge in [-0.15, -0.1) is 0 Å². The standard InChI is InChI=1S/C10H19NO/c1-9(2)7-12-8-10(11-9)5-3-4-6-10/h11H,3-8H2,1-2H3. The van der Waals surface area contributed by atoms with Crippen LogP contribution in [0.15, 0.2) is 0 Å². The quantitative estimate of drug-likeness (QED) is 0.596. The van der Waals surface area contributed by atoms with Crippen molar-refractivity contribution in [3.8, 4) is 0 Å². The summed E-state index contributed by atoms with van der Waals surface area (Å²) in [4.78, 5) is 0. The first-order valence-electron chi connectivity index (χ1n) is 4.99. The first-order valence-corrected chi connectivity index (χ1v) is 4.99. The molecule has 1 saturated heterocycles. The number of hydrogen-bond donors (Lipinski definition) is 1. The Morgan fingerprint density at radius 2 is 1.75 bits per heavy atom. The molecule has 0 amide bonds. The molecule has 1 saturated carbocycles. The highest BCUT2D eigenvalue weighted by Crippen LogP contribution is 2.34. The second kappa shape index (κ2) is 2.71. The molecular formula is C10H19NO. The third kappa shape index (κ3) is 1.50. The van der Waals surface area contributed by atoms with Crippen molar-refractivity contribution < 1.29 is 4.74 Å². The van der Waals surface area contributed by atoms with Gasteiger partial charge in [-0.1, -0.05) is 12.8 Å². The lowest BCUT2D eigenvalue weighted by Gasteiger charge is -2.44. The van der Waals surface area contributed by atoms with Gasteiger partial charge in [0.25, 0.3) is 0 Å². The topological polar surface area (TPSA) is 21.3 Å². The summed E-state index contributed by atoms with van der Waals surface area (Å²) in [5.41, 5.74) is 0.518. The van der Waals surface area contributed by atoms with Crippen LogP contribution in [-0.2, 0) is 4.74 Å². The van der Waals surface area contributed by atoms with Gasteiger partial charge in [0.2, 0.25) is 0 Å². The van der Waals surface area contributed by atoms with Crippen LogP contribution in [0.3, 0.4) is 0 Å². The van der Waals surface area contributed by atoms with E-state index in [4.69, 9.17) is 4.74 Å². The van der Waals surface area contributed by atoms with Gasteiger partial charge in [0.05, 0.1) is 13.2 Å². The molecule has 0 atom stereocenters. The molecule has 1 aliphatic heterocycles. The van der Waals surface area contributed by atoms with E-state index >= 15 is 0 Å².